The number of likely N-dealkylation sites (tertiary alicyclic amines) is 1. The lowest BCUT2D eigenvalue weighted by Gasteiger charge is -2.40. The zero-order valence-corrected chi connectivity index (χ0v) is 25.7. The molecule has 0 aromatic heterocycles. The number of carbonyl (C=O) groups is 2. The van der Waals surface area contributed by atoms with Gasteiger partial charge in [-0.15, -0.1) is 11.8 Å². The van der Waals surface area contributed by atoms with Crippen molar-refractivity contribution in [3.8, 4) is 5.75 Å². The van der Waals surface area contributed by atoms with Gasteiger partial charge < -0.3 is 30.0 Å². The van der Waals surface area contributed by atoms with E-state index >= 15 is 0 Å². The van der Waals surface area contributed by atoms with E-state index < -0.39 is 8.32 Å². The molecule has 2 aliphatic heterocycles. The Labute approximate surface area is 237 Å². The predicted octanol–water partition coefficient (Wildman–Crippen LogP) is 5.72. The molecule has 0 unspecified atom stereocenters. The lowest BCUT2D eigenvalue weighted by molar-refractivity contribution is -0.131. The summed E-state index contributed by atoms with van der Waals surface area (Å²) in [6, 6.07) is 13.7. The van der Waals surface area contributed by atoms with Crippen LogP contribution >= 0.6 is 11.8 Å². The maximum absolute atomic E-state index is 13.0. The standard InChI is InChI=1S/C29H42N4O4SSi/c1-29(2,3)39(5,6)37-26-19-36-24-16-20(13-14-22(24)32-26)17-30-28(35)31-18-27(34)33-15-9-11-23(33)21-10-7-8-12-25(21)38-4/h7-8,10,12-14,16,23,26,32H,9,11,15,17-19H2,1-6H3,(H2,30,31,35)/t23-,26-/m1/s1. The number of carbonyl (C=O) groups excluding carboxylic acids is 2. The molecule has 1 saturated heterocycles. The van der Waals surface area contributed by atoms with Gasteiger partial charge in [0, 0.05) is 18.0 Å². The minimum atomic E-state index is -1.93. The Morgan fingerprint density at radius 1 is 1.18 bits per heavy atom. The van der Waals surface area contributed by atoms with Crippen LogP contribution in [0.25, 0.3) is 0 Å². The Morgan fingerprint density at radius 3 is 2.69 bits per heavy atom. The molecule has 0 radical (unpaired) electrons. The van der Waals surface area contributed by atoms with E-state index in [1.54, 1.807) is 11.8 Å². The van der Waals surface area contributed by atoms with Gasteiger partial charge in [0.15, 0.2) is 14.5 Å². The number of amides is 3. The molecule has 0 aliphatic carbocycles. The molecule has 2 aliphatic rings. The van der Waals surface area contributed by atoms with Crippen molar-refractivity contribution in [2.24, 2.45) is 0 Å². The van der Waals surface area contributed by atoms with Crippen molar-refractivity contribution in [1.29, 1.82) is 0 Å². The second-order valence-electron chi connectivity index (χ2n) is 11.7. The Bertz CT molecular complexity index is 1190. The van der Waals surface area contributed by atoms with Gasteiger partial charge in [0.25, 0.3) is 0 Å². The van der Waals surface area contributed by atoms with Crippen LogP contribution in [0, 0.1) is 0 Å². The molecule has 39 heavy (non-hydrogen) atoms. The summed E-state index contributed by atoms with van der Waals surface area (Å²) < 4.78 is 12.4. The summed E-state index contributed by atoms with van der Waals surface area (Å²) in [7, 11) is -1.93. The molecular weight excluding hydrogens is 528 g/mol. The summed E-state index contributed by atoms with van der Waals surface area (Å²) in [5.41, 5.74) is 2.98. The van der Waals surface area contributed by atoms with Crippen LogP contribution in [0.15, 0.2) is 47.4 Å². The van der Waals surface area contributed by atoms with Gasteiger partial charge in [0.1, 0.15) is 12.4 Å². The molecule has 8 nitrogen and oxygen atoms in total. The van der Waals surface area contributed by atoms with Gasteiger partial charge in [0.05, 0.1) is 18.3 Å². The molecule has 212 valence electrons. The average Bonchev–Trinajstić information content (AvgIpc) is 3.39. The highest BCUT2D eigenvalue weighted by Crippen LogP contribution is 2.39. The molecule has 2 heterocycles. The van der Waals surface area contributed by atoms with Gasteiger partial charge in [-0.1, -0.05) is 45.0 Å². The van der Waals surface area contributed by atoms with E-state index in [0.717, 1.165) is 29.8 Å². The van der Waals surface area contributed by atoms with Crippen LogP contribution < -0.4 is 20.7 Å². The van der Waals surface area contributed by atoms with Crippen molar-refractivity contribution in [2.75, 3.05) is 31.3 Å². The summed E-state index contributed by atoms with van der Waals surface area (Å²) in [6.45, 7) is 12.5. The first-order valence-corrected chi connectivity index (χ1v) is 17.8. The van der Waals surface area contributed by atoms with Crippen LogP contribution in [0.2, 0.25) is 18.1 Å². The van der Waals surface area contributed by atoms with E-state index in [2.05, 4.69) is 68.2 Å². The monoisotopic (exact) mass is 570 g/mol. The number of thioether (sulfide) groups is 1. The molecule has 2 aromatic carbocycles. The van der Waals surface area contributed by atoms with E-state index in [-0.39, 0.29) is 35.8 Å². The summed E-state index contributed by atoms with van der Waals surface area (Å²) in [6.07, 6.45) is 3.77. The van der Waals surface area contributed by atoms with E-state index in [1.165, 1.54) is 10.5 Å². The Kier molecular flexibility index (Phi) is 9.18. The van der Waals surface area contributed by atoms with Gasteiger partial charge in [-0.05, 0) is 66.6 Å². The average molecular weight is 571 g/mol. The van der Waals surface area contributed by atoms with Gasteiger partial charge in [-0.3, -0.25) is 4.79 Å². The lowest BCUT2D eigenvalue weighted by atomic mass is 10.0. The first-order valence-electron chi connectivity index (χ1n) is 13.6. The van der Waals surface area contributed by atoms with Crippen molar-refractivity contribution >= 4 is 37.7 Å². The predicted molar refractivity (Wildman–Crippen MR) is 160 cm³/mol. The number of hydrogen-bond acceptors (Lipinski definition) is 6. The maximum atomic E-state index is 13.0. The quantitative estimate of drug-likeness (QED) is 0.278. The van der Waals surface area contributed by atoms with Crippen LogP contribution in [0.3, 0.4) is 0 Å². The SMILES string of the molecule is CSc1ccccc1[C@H]1CCCN1C(=O)CNC(=O)NCc1ccc2c(c1)OC[C@@H](O[Si](C)(C)C(C)(C)C)N2. The molecule has 0 spiro atoms. The topological polar surface area (TPSA) is 91.9 Å². The Morgan fingerprint density at radius 2 is 1.95 bits per heavy atom. The van der Waals surface area contributed by atoms with Crippen molar-refractivity contribution in [1.82, 2.24) is 15.5 Å². The third-order valence-corrected chi connectivity index (χ3v) is 13.2. The normalized spacial score (nSPS) is 19.1. The zero-order chi connectivity index (χ0) is 28.2. The smallest absolute Gasteiger partial charge is 0.315 e. The molecule has 2 atom stereocenters. The highest BCUT2D eigenvalue weighted by Gasteiger charge is 2.40. The van der Waals surface area contributed by atoms with E-state index in [9.17, 15) is 9.59 Å². The number of rotatable bonds is 8. The number of nitrogens with zero attached hydrogens (tertiary/aromatic N) is 1. The summed E-state index contributed by atoms with van der Waals surface area (Å²) in [4.78, 5) is 28.5. The number of benzene rings is 2. The fourth-order valence-corrected chi connectivity index (χ4v) is 6.57. The van der Waals surface area contributed by atoms with Crippen molar-refractivity contribution < 1.29 is 18.8 Å². The number of fused-ring (bicyclic) bond motifs is 1. The number of nitrogens with one attached hydrogen (secondary N) is 3. The second kappa shape index (κ2) is 12.2. The van der Waals surface area contributed by atoms with Crippen LogP contribution in [0.4, 0.5) is 10.5 Å². The molecular formula is C29H42N4O4SSi. The summed E-state index contributed by atoms with van der Waals surface area (Å²) in [5, 5.41) is 9.14. The highest BCUT2D eigenvalue weighted by molar-refractivity contribution is 7.98. The zero-order valence-electron chi connectivity index (χ0n) is 23.9. The third-order valence-electron chi connectivity index (χ3n) is 7.92. The van der Waals surface area contributed by atoms with Crippen molar-refractivity contribution in [3.05, 3.63) is 53.6 Å². The molecule has 4 rings (SSSR count). The molecule has 2 aromatic rings. The third kappa shape index (κ3) is 7.09. The fourth-order valence-electron chi connectivity index (χ4n) is 4.72. The van der Waals surface area contributed by atoms with E-state index in [0.29, 0.717) is 19.7 Å². The largest absolute Gasteiger partial charge is 0.487 e. The number of ether oxygens (including phenoxy) is 1. The second-order valence-corrected chi connectivity index (χ2v) is 17.3. The minimum absolute atomic E-state index is 0.0311. The van der Waals surface area contributed by atoms with Gasteiger partial charge >= 0.3 is 6.03 Å². The summed E-state index contributed by atoms with van der Waals surface area (Å²) >= 11 is 1.69. The maximum Gasteiger partial charge on any atom is 0.315 e. The number of anilines is 1. The van der Waals surface area contributed by atoms with E-state index in [4.69, 9.17) is 9.16 Å². The van der Waals surface area contributed by atoms with Crippen LogP contribution in [-0.2, 0) is 15.8 Å². The first kappa shape index (κ1) is 29.3. The fraction of sp³-hybridized carbons (Fsp3) is 0.517. The Balaban J connectivity index is 1.25. The van der Waals surface area contributed by atoms with Gasteiger partial charge in [-0.25, -0.2) is 4.79 Å². The molecule has 1 fully saturated rings. The molecule has 0 bridgehead atoms. The van der Waals surface area contributed by atoms with Crippen molar-refractivity contribution in [2.45, 2.75) is 75.5 Å². The van der Waals surface area contributed by atoms with Crippen LogP contribution in [0.5, 0.6) is 5.75 Å². The first-order chi connectivity index (χ1) is 18.5. The van der Waals surface area contributed by atoms with Crippen LogP contribution in [0.1, 0.15) is 50.8 Å². The highest BCUT2D eigenvalue weighted by atomic mass is 32.2. The number of urea groups is 1. The van der Waals surface area contributed by atoms with E-state index in [1.807, 2.05) is 35.2 Å². The lowest BCUT2D eigenvalue weighted by Crippen LogP contribution is -2.48. The van der Waals surface area contributed by atoms with Gasteiger partial charge in [-0.2, -0.15) is 0 Å². The number of hydrogen-bond donors (Lipinski definition) is 3. The van der Waals surface area contributed by atoms with Crippen molar-refractivity contribution in [3.63, 3.8) is 0 Å². The molecule has 3 N–H and O–H groups in total. The Hall–Kier alpha value is -2.69. The molecule has 3 amide bonds. The van der Waals surface area contributed by atoms with Gasteiger partial charge in [0.2, 0.25) is 5.91 Å². The summed E-state index contributed by atoms with van der Waals surface area (Å²) in [5.74, 6) is 0.678. The van der Waals surface area contributed by atoms with Crippen LogP contribution in [-0.4, -0.2) is 57.3 Å². The molecule has 10 heteroatoms. The molecule has 0 saturated carbocycles. The minimum Gasteiger partial charge on any atom is -0.487 e.